The molecule has 0 unspecified atom stereocenters. The van der Waals surface area contributed by atoms with Crippen molar-refractivity contribution in [1.29, 1.82) is 0 Å². The first kappa shape index (κ1) is 15.7. The van der Waals surface area contributed by atoms with E-state index < -0.39 is 0 Å². The fraction of sp³-hybridized carbons (Fsp3) is 0.647. The Morgan fingerprint density at radius 3 is 2.95 bits per heavy atom. The lowest BCUT2D eigenvalue weighted by molar-refractivity contribution is -0.254. The highest BCUT2D eigenvalue weighted by Crippen LogP contribution is 2.53. The van der Waals surface area contributed by atoms with Gasteiger partial charge in [-0.1, -0.05) is 19.9 Å². The molecule has 3 rings (SSSR count). The van der Waals surface area contributed by atoms with E-state index in [9.17, 15) is 9.59 Å². The molecular weight excluding hydrogens is 300 g/mol. The number of thiophene rings is 1. The molecule has 1 saturated carbocycles. The number of carbonyl (C=O) groups is 2. The second-order valence-electron chi connectivity index (χ2n) is 6.73. The summed E-state index contributed by atoms with van der Waals surface area (Å²) in [6, 6.07) is 3.63. The molecule has 0 radical (unpaired) electrons. The zero-order valence-corrected chi connectivity index (χ0v) is 13.9. The summed E-state index contributed by atoms with van der Waals surface area (Å²) in [6.45, 7) is 4.99. The maximum absolute atomic E-state index is 12.1. The van der Waals surface area contributed by atoms with Gasteiger partial charge in [0.15, 0.2) is 5.78 Å². The third-order valence-electron chi connectivity index (χ3n) is 4.83. The molecule has 5 heteroatoms. The lowest BCUT2D eigenvalue weighted by Crippen LogP contribution is -2.65. The van der Waals surface area contributed by atoms with Crippen molar-refractivity contribution in [2.24, 2.45) is 11.3 Å². The van der Waals surface area contributed by atoms with Gasteiger partial charge in [0.1, 0.15) is 6.10 Å². The van der Waals surface area contributed by atoms with E-state index in [1.807, 2.05) is 11.4 Å². The molecule has 1 aromatic rings. The molecule has 1 aliphatic heterocycles. The number of hydrogen-bond donors (Lipinski definition) is 0. The fourth-order valence-electron chi connectivity index (χ4n) is 3.69. The van der Waals surface area contributed by atoms with Crippen LogP contribution in [-0.4, -0.2) is 30.6 Å². The van der Waals surface area contributed by atoms with Crippen molar-refractivity contribution in [3.63, 3.8) is 0 Å². The number of ketones is 1. The summed E-state index contributed by atoms with van der Waals surface area (Å²) in [5.41, 5.74) is -0.126. The van der Waals surface area contributed by atoms with Crippen LogP contribution in [0.3, 0.4) is 0 Å². The van der Waals surface area contributed by atoms with Gasteiger partial charge in [0.2, 0.25) is 0 Å². The van der Waals surface area contributed by atoms with Gasteiger partial charge in [0.05, 0.1) is 17.4 Å². The van der Waals surface area contributed by atoms with Gasteiger partial charge in [0.25, 0.3) is 0 Å². The molecule has 2 aliphatic rings. The lowest BCUT2D eigenvalue weighted by Gasteiger charge is -2.58. The molecule has 2 heterocycles. The molecule has 3 atom stereocenters. The molecule has 22 heavy (non-hydrogen) atoms. The van der Waals surface area contributed by atoms with Crippen LogP contribution in [0.5, 0.6) is 0 Å². The lowest BCUT2D eigenvalue weighted by atomic mass is 9.57. The highest BCUT2D eigenvalue weighted by atomic mass is 32.1. The zero-order valence-electron chi connectivity index (χ0n) is 13.0. The van der Waals surface area contributed by atoms with Gasteiger partial charge in [-0.15, -0.1) is 11.3 Å². The van der Waals surface area contributed by atoms with Crippen molar-refractivity contribution in [3.05, 3.63) is 22.4 Å². The molecule has 1 aliphatic carbocycles. The summed E-state index contributed by atoms with van der Waals surface area (Å²) >= 11 is 1.41. The van der Waals surface area contributed by atoms with Crippen LogP contribution in [0.4, 0.5) is 0 Å². The van der Waals surface area contributed by atoms with E-state index in [0.29, 0.717) is 10.8 Å². The van der Waals surface area contributed by atoms with Gasteiger partial charge < -0.3 is 9.47 Å². The van der Waals surface area contributed by atoms with Crippen LogP contribution >= 0.6 is 11.3 Å². The van der Waals surface area contributed by atoms with E-state index in [-0.39, 0.29) is 42.2 Å². The normalized spacial score (nSPS) is 29.3. The van der Waals surface area contributed by atoms with E-state index in [0.717, 1.165) is 19.4 Å². The summed E-state index contributed by atoms with van der Waals surface area (Å²) in [5.74, 6) is 0.0615. The van der Waals surface area contributed by atoms with E-state index in [2.05, 4.69) is 13.8 Å². The van der Waals surface area contributed by atoms with Crippen molar-refractivity contribution in [1.82, 2.24) is 0 Å². The van der Waals surface area contributed by atoms with Crippen LogP contribution in [0.15, 0.2) is 17.5 Å². The molecule has 2 fully saturated rings. The molecule has 0 amide bonds. The number of carbonyl (C=O) groups excluding carboxylic acids is 2. The monoisotopic (exact) mass is 322 g/mol. The number of rotatable bonds is 5. The predicted molar refractivity (Wildman–Crippen MR) is 84.0 cm³/mol. The van der Waals surface area contributed by atoms with E-state index in [1.54, 1.807) is 6.07 Å². The van der Waals surface area contributed by atoms with Gasteiger partial charge in [0, 0.05) is 24.4 Å². The maximum atomic E-state index is 12.1. The Labute approximate surface area is 134 Å². The first-order chi connectivity index (χ1) is 10.5. The van der Waals surface area contributed by atoms with Gasteiger partial charge in [-0.05, 0) is 24.3 Å². The third kappa shape index (κ3) is 2.84. The van der Waals surface area contributed by atoms with Gasteiger partial charge in [-0.3, -0.25) is 9.59 Å². The van der Waals surface area contributed by atoms with E-state index >= 15 is 0 Å². The van der Waals surface area contributed by atoms with Crippen LogP contribution in [-0.2, 0) is 14.3 Å². The van der Waals surface area contributed by atoms with Crippen molar-refractivity contribution >= 4 is 23.1 Å². The number of esters is 1. The molecule has 4 nitrogen and oxygen atoms in total. The zero-order chi connectivity index (χ0) is 15.7. The summed E-state index contributed by atoms with van der Waals surface area (Å²) in [6.07, 6.45) is 2.58. The maximum Gasteiger partial charge on any atom is 0.306 e. The van der Waals surface area contributed by atoms with E-state index in [1.165, 1.54) is 11.3 Å². The van der Waals surface area contributed by atoms with Crippen LogP contribution < -0.4 is 0 Å². The molecule has 120 valence electrons. The summed E-state index contributed by atoms with van der Waals surface area (Å²) < 4.78 is 11.5. The summed E-state index contributed by atoms with van der Waals surface area (Å²) in [5, 5.41) is 1.87. The smallest absolute Gasteiger partial charge is 0.306 e. The Morgan fingerprint density at radius 1 is 1.41 bits per heavy atom. The topological polar surface area (TPSA) is 52.6 Å². The highest BCUT2D eigenvalue weighted by Gasteiger charge is 2.60. The quantitative estimate of drug-likeness (QED) is 0.615. The third-order valence-corrected chi connectivity index (χ3v) is 5.75. The molecule has 0 aromatic carbocycles. The number of ether oxygens (including phenoxy) is 2. The number of Topliss-reactive ketones (excluding diaryl/α,β-unsaturated/α-hetero) is 1. The van der Waals surface area contributed by atoms with Crippen molar-refractivity contribution in [2.75, 3.05) is 6.61 Å². The number of hydrogen-bond acceptors (Lipinski definition) is 5. The largest absolute Gasteiger partial charge is 0.461 e. The van der Waals surface area contributed by atoms with Gasteiger partial charge in [-0.25, -0.2) is 0 Å². The minimum absolute atomic E-state index is 0.0127. The predicted octanol–water partition coefficient (Wildman–Crippen LogP) is 3.46. The highest BCUT2D eigenvalue weighted by molar-refractivity contribution is 7.12. The minimum atomic E-state index is -0.271. The minimum Gasteiger partial charge on any atom is -0.461 e. The summed E-state index contributed by atoms with van der Waals surface area (Å²) in [4.78, 5) is 24.7. The Morgan fingerprint density at radius 2 is 2.23 bits per heavy atom. The first-order valence-corrected chi connectivity index (χ1v) is 8.76. The molecular formula is C17H22O4S. The van der Waals surface area contributed by atoms with Crippen LogP contribution in [0.2, 0.25) is 0 Å². The molecule has 1 aromatic heterocycles. The second kappa shape index (κ2) is 6.13. The average Bonchev–Trinajstić information content (AvgIpc) is 3.04. The molecule has 0 bridgehead atoms. The van der Waals surface area contributed by atoms with Crippen LogP contribution in [0, 0.1) is 11.3 Å². The second-order valence-corrected chi connectivity index (χ2v) is 7.68. The Hall–Kier alpha value is -1.20. The molecule has 0 spiro atoms. The SMILES string of the molecule is CC1(C)[C@@H]2OCCC[C@@H]2[C@H]1OC(=O)CCC(=O)c1cccs1. The van der Waals surface area contributed by atoms with Crippen molar-refractivity contribution in [3.8, 4) is 0 Å². The molecule has 1 saturated heterocycles. The Bertz CT molecular complexity index is 549. The molecule has 0 N–H and O–H groups in total. The van der Waals surface area contributed by atoms with Gasteiger partial charge >= 0.3 is 5.97 Å². The summed E-state index contributed by atoms with van der Waals surface area (Å²) in [7, 11) is 0. The average molecular weight is 322 g/mol. The van der Waals surface area contributed by atoms with Crippen molar-refractivity contribution < 1.29 is 19.1 Å². The Balaban J connectivity index is 1.50. The van der Waals surface area contributed by atoms with Crippen LogP contribution in [0.1, 0.15) is 49.2 Å². The first-order valence-electron chi connectivity index (χ1n) is 7.88. The van der Waals surface area contributed by atoms with Gasteiger partial charge in [-0.2, -0.15) is 0 Å². The van der Waals surface area contributed by atoms with Crippen LogP contribution in [0.25, 0.3) is 0 Å². The number of fused-ring (bicyclic) bond motifs is 1. The fourth-order valence-corrected chi connectivity index (χ4v) is 4.39. The van der Waals surface area contributed by atoms with Crippen molar-refractivity contribution in [2.45, 2.75) is 51.7 Å². The van der Waals surface area contributed by atoms with E-state index in [4.69, 9.17) is 9.47 Å². The Kier molecular flexibility index (Phi) is 4.37. The standard InChI is InChI=1S/C17H22O4S/c1-17(2)15-11(5-3-9-20-15)16(17)21-14(19)8-7-12(18)13-6-4-10-22-13/h4,6,10-11,15-16H,3,5,7-9H2,1-2H3/t11-,15+,16+/m0/s1.